The minimum atomic E-state index is -0.313. The van der Waals surface area contributed by atoms with Gasteiger partial charge in [0.05, 0.1) is 6.54 Å². The lowest BCUT2D eigenvalue weighted by atomic mass is 9.98. The predicted molar refractivity (Wildman–Crippen MR) is 109 cm³/mol. The van der Waals surface area contributed by atoms with Crippen molar-refractivity contribution in [3.05, 3.63) is 54.0 Å². The first-order valence-corrected chi connectivity index (χ1v) is 9.97. The maximum Gasteiger partial charge on any atom is 0.230 e. The number of ether oxygens (including phenoxy) is 1. The van der Waals surface area contributed by atoms with Crippen molar-refractivity contribution in [1.29, 1.82) is 0 Å². The fourth-order valence-corrected chi connectivity index (χ4v) is 3.51. The molecule has 0 saturated carbocycles. The fourth-order valence-electron chi connectivity index (χ4n) is 3.51. The number of pyridine rings is 1. The molecule has 0 aliphatic carbocycles. The van der Waals surface area contributed by atoms with Crippen LogP contribution in [0.4, 0.5) is 15.9 Å². The molecule has 1 saturated heterocycles. The number of carbonyl (C=O) groups is 1. The summed E-state index contributed by atoms with van der Waals surface area (Å²) in [4.78, 5) is 21.7. The Balaban J connectivity index is 1.82. The molecule has 6 heteroatoms. The lowest BCUT2D eigenvalue weighted by molar-refractivity contribution is -0.125. The summed E-state index contributed by atoms with van der Waals surface area (Å²) in [5.74, 6) is 0.606. The normalized spacial score (nSPS) is 14.7. The number of hydrogen-bond acceptors (Lipinski definition) is 4. The Hall–Kier alpha value is -2.47. The van der Waals surface area contributed by atoms with E-state index in [4.69, 9.17) is 4.74 Å². The summed E-state index contributed by atoms with van der Waals surface area (Å²) in [5, 5.41) is 0. The van der Waals surface area contributed by atoms with Gasteiger partial charge in [0.25, 0.3) is 0 Å². The van der Waals surface area contributed by atoms with Gasteiger partial charge in [-0.2, -0.15) is 0 Å². The summed E-state index contributed by atoms with van der Waals surface area (Å²) in [6, 6.07) is 10.1. The molecule has 0 N–H and O–H groups in total. The molecule has 2 heterocycles. The van der Waals surface area contributed by atoms with E-state index >= 15 is 0 Å². The van der Waals surface area contributed by atoms with Gasteiger partial charge in [-0.1, -0.05) is 6.07 Å². The first kappa shape index (κ1) is 20.3. The molecule has 0 spiro atoms. The molecule has 2 aromatic rings. The zero-order valence-corrected chi connectivity index (χ0v) is 16.6. The molecule has 150 valence electrons. The number of anilines is 2. The van der Waals surface area contributed by atoms with Gasteiger partial charge in [-0.05, 0) is 62.6 Å². The SMILES string of the molecule is CCN(CC)c1ccc(CN(C(=O)C2CCOCC2)c2ccc(F)cc2)cn1. The molecule has 0 unspecified atom stereocenters. The third-order valence-corrected chi connectivity index (χ3v) is 5.21. The number of halogens is 1. The molecule has 5 nitrogen and oxygen atoms in total. The number of hydrogen-bond donors (Lipinski definition) is 0. The van der Waals surface area contributed by atoms with Crippen LogP contribution in [0.25, 0.3) is 0 Å². The lowest BCUT2D eigenvalue weighted by Crippen LogP contribution is -2.38. The van der Waals surface area contributed by atoms with E-state index in [0.717, 1.165) is 37.3 Å². The van der Waals surface area contributed by atoms with Gasteiger partial charge in [-0.25, -0.2) is 9.37 Å². The molecule has 1 aromatic carbocycles. The van der Waals surface area contributed by atoms with E-state index in [9.17, 15) is 9.18 Å². The van der Waals surface area contributed by atoms with Gasteiger partial charge in [0.1, 0.15) is 11.6 Å². The van der Waals surface area contributed by atoms with Crippen molar-refractivity contribution in [2.45, 2.75) is 33.2 Å². The number of aromatic nitrogens is 1. The number of carbonyl (C=O) groups excluding carboxylic acids is 1. The summed E-state index contributed by atoms with van der Waals surface area (Å²) in [7, 11) is 0. The molecular formula is C22H28FN3O2. The second-order valence-corrected chi connectivity index (χ2v) is 6.98. The third kappa shape index (κ3) is 4.87. The van der Waals surface area contributed by atoms with Crippen LogP contribution in [-0.2, 0) is 16.1 Å². The highest BCUT2D eigenvalue weighted by Crippen LogP contribution is 2.25. The van der Waals surface area contributed by atoms with Gasteiger partial charge in [0.2, 0.25) is 5.91 Å². The zero-order chi connectivity index (χ0) is 19.9. The van der Waals surface area contributed by atoms with Crippen LogP contribution in [0.1, 0.15) is 32.3 Å². The van der Waals surface area contributed by atoms with Gasteiger partial charge in [-0.3, -0.25) is 4.79 Å². The Morgan fingerprint density at radius 3 is 2.36 bits per heavy atom. The van der Waals surface area contributed by atoms with E-state index in [-0.39, 0.29) is 17.6 Å². The van der Waals surface area contributed by atoms with Crippen molar-refractivity contribution in [1.82, 2.24) is 4.98 Å². The molecule has 1 aliphatic rings. The number of nitrogens with zero attached hydrogens (tertiary/aromatic N) is 3. The minimum Gasteiger partial charge on any atom is -0.381 e. The summed E-state index contributed by atoms with van der Waals surface area (Å²) >= 11 is 0. The number of benzene rings is 1. The first-order valence-electron chi connectivity index (χ1n) is 9.97. The molecular weight excluding hydrogens is 357 g/mol. The van der Waals surface area contributed by atoms with Crippen LogP contribution < -0.4 is 9.80 Å². The quantitative estimate of drug-likeness (QED) is 0.722. The molecule has 1 amide bonds. The maximum atomic E-state index is 13.4. The Kier molecular flexibility index (Phi) is 6.98. The first-order chi connectivity index (χ1) is 13.6. The lowest BCUT2D eigenvalue weighted by Gasteiger charge is -2.29. The molecule has 0 atom stereocenters. The second kappa shape index (κ2) is 9.64. The third-order valence-electron chi connectivity index (χ3n) is 5.21. The van der Waals surface area contributed by atoms with Crippen LogP contribution in [0.2, 0.25) is 0 Å². The summed E-state index contributed by atoms with van der Waals surface area (Å²) in [6.07, 6.45) is 3.26. The van der Waals surface area contributed by atoms with E-state index < -0.39 is 0 Å². The average molecular weight is 385 g/mol. The Bertz CT molecular complexity index is 754. The molecule has 1 aliphatic heterocycles. The molecule has 1 aromatic heterocycles. The van der Waals surface area contributed by atoms with Gasteiger partial charge in [0, 0.05) is 44.1 Å². The maximum absolute atomic E-state index is 13.4. The van der Waals surface area contributed by atoms with Crippen molar-refractivity contribution in [2.75, 3.05) is 36.1 Å². The van der Waals surface area contributed by atoms with Crippen LogP contribution in [0.15, 0.2) is 42.6 Å². The van der Waals surface area contributed by atoms with Crippen LogP contribution in [0.5, 0.6) is 0 Å². The zero-order valence-electron chi connectivity index (χ0n) is 16.6. The standard InChI is InChI=1S/C22H28FN3O2/c1-3-25(4-2)21-10-5-17(15-24-21)16-26(20-8-6-19(23)7-9-20)22(27)18-11-13-28-14-12-18/h5-10,15,18H,3-4,11-14,16H2,1-2H3. The van der Waals surface area contributed by atoms with Gasteiger partial charge in [0.15, 0.2) is 0 Å². The van der Waals surface area contributed by atoms with E-state index in [0.29, 0.717) is 25.4 Å². The van der Waals surface area contributed by atoms with E-state index in [1.165, 1.54) is 12.1 Å². The second-order valence-electron chi connectivity index (χ2n) is 6.98. The number of rotatable bonds is 7. The van der Waals surface area contributed by atoms with Crippen LogP contribution in [0, 0.1) is 11.7 Å². The highest BCUT2D eigenvalue weighted by molar-refractivity contribution is 5.95. The van der Waals surface area contributed by atoms with E-state index in [1.54, 1.807) is 17.0 Å². The van der Waals surface area contributed by atoms with Crippen molar-refractivity contribution in [3.8, 4) is 0 Å². The van der Waals surface area contributed by atoms with E-state index in [1.807, 2.05) is 18.3 Å². The molecule has 0 radical (unpaired) electrons. The van der Waals surface area contributed by atoms with Crippen molar-refractivity contribution in [2.24, 2.45) is 5.92 Å². The topological polar surface area (TPSA) is 45.7 Å². The van der Waals surface area contributed by atoms with Crippen LogP contribution in [0.3, 0.4) is 0 Å². The van der Waals surface area contributed by atoms with Crippen molar-refractivity contribution < 1.29 is 13.9 Å². The number of amides is 1. The van der Waals surface area contributed by atoms with E-state index in [2.05, 4.69) is 23.7 Å². The van der Waals surface area contributed by atoms with Gasteiger partial charge < -0.3 is 14.5 Å². The summed E-state index contributed by atoms with van der Waals surface area (Å²) < 4.78 is 18.8. The predicted octanol–water partition coefficient (Wildman–Crippen LogP) is 4.03. The van der Waals surface area contributed by atoms with Crippen LogP contribution in [-0.4, -0.2) is 37.2 Å². The highest BCUT2D eigenvalue weighted by atomic mass is 19.1. The average Bonchev–Trinajstić information content (AvgIpc) is 2.75. The molecule has 28 heavy (non-hydrogen) atoms. The van der Waals surface area contributed by atoms with Crippen LogP contribution >= 0.6 is 0 Å². The molecule has 1 fully saturated rings. The van der Waals surface area contributed by atoms with Gasteiger partial charge >= 0.3 is 0 Å². The van der Waals surface area contributed by atoms with Crippen molar-refractivity contribution in [3.63, 3.8) is 0 Å². The largest absolute Gasteiger partial charge is 0.381 e. The smallest absolute Gasteiger partial charge is 0.230 e. The fraction of sp³-hybridized carbons (Fsp3) is 0.455. The van der Waals surface area contributed by atoms with Crippen molar-refractivity contribution >= 4 is 17.4 Å². The summed E-state index contributed by atoms with van der Waals surface area (Å²) in [5.41, 5.74) is 1.64. The Morgan fingerprint density at radius 2 is 1.79 bits per heavy atom. The van der Waals surface area contributed by atoms with Gasteiger partial charge in [-0.15, -0.1) is 0 Å². The minimum absolute atomic E-state index is 0.0581. The Labute approximate surface area is 166 Å². The molecule has 0 bridgehead atoms. The Morgan fingerprint density at radius 1 is 1.11 bits per heavy atom. The monoisotopic (exact) mass is 385 g/mol. The summed E-state index contributed by atoms with van der Waals surface area (Å²) in [6.45, 7) is 7.61. The molecule has 3 rings (SSSR count). The highest BCUT2D eigenvalue weighted by Gasteiger charge is 2.27.